The Bertz CT molecular complexity index is 973. The fourth-order valence-electron chi connectivity index (χ4n) is 2.99. The van der Waals surface area contributed by atoms with Crippen LogP contribution in [0.15, 0.2) is 73.1 Å². The van der Waals surface area contributed by atoms with E-state index in [1.165, 1.54) is 16.7 Å². The highest BCUT2D eigenvalue weighted by atomic mass is 16.5. The number of ether oxygens (including phenoxy) is 1. The summed E-state index contributed by atoms with van der Waals surface area (Å²) < 4.78 is 6.06. The van der Waals surface area contributed by atoms with Gasteiger partial charge >= 0.3 is 0 Å². The maximum atomic E-state index is 6.06. The molecule has 0 fully saturated rings. The van der Waals surface area contributed by atoms with Crippen molar-refractivity contribution in [2.75, 3.05) is 0 Å². The van der Waals surface area contributed by atoms with E-state index in [2.05, 4.69) is 47.2 Å². The summed E-state index contributed by atoms with van der Waals surface area (Å²) >= 11 is 0. The summed E-state index contributed by atoms with van der Waals surface area (Å²) in [5, 5.41) is 1.13. The van der Waals surface area contributed by atoms with E-state index in [0.717, 1.165) is 22.3 Å². The van der Waals surface area contributed by atoms with E-state index in [1.807, 2.05) is 42.7 Å². The third kappa shape index (κ3) is 2.65. The maximum absolute atomic E-state index is 6.06. The maximum Gasteiger partial charge on any atom is 0.137 e. The van der Waals surface area contributed by atoms with Gasteiger partial charge in [0.05, 0.1) is 0 Å². The fraction of sp³-hybridized carbons (Fsp3) is 0.0952. The van der Waals surface area contributed by atoms with Crippen LogP contribution in [0, 0.1) is 6.92 Å². The van der Waals surface area contributed by atoms with Crippen molar-refractivity contribution < 1.29 is 4.74 Å². The summed E-state index contributed by atoms with van der Waals surface area (Å²) in [6.45, 7) is 2.68. The minimum Gasteiger partial charge on any atom is -0.489 e. The lowest BCUT2D eigenvalue weighted by atomic mass is 9.98. The lowest BCUT2D eigenvalue weighted by Gasteiger charge is -2.13. The van der Waals surface area contributed by atoms with Gasteiger partial charge < -0.3 is 9.72 Å². The van der Waals surface area contributed by atoms with Crippen LogP contribution in [-0.2, 0) is 6.61 Å². The molecule has 0 amide bonds. The summed E-state index contributed by atoms with van der Waals surface area (Å²) in [6, 6.07) is 20.5. The fourth-order valence-corrected chi connectivity index (χ4v) is 2.99. The molecular formula is C21H18N2O. The Morgan fingerprint density at radius 3 is 2.67 bits per heavy atom. The summed E-state index contributed by atoms with van der Waals surface area (Å²) in [5.41, 5.74) is 5.56. The molecular weight excluding hydrogens is 296 g/mol. The molecule has 0 aliphatic carbocycles. The summed E-state index contributed by atoms with van der Waals surface area (Å²) in [6.07, 6.45) is 3.76. The number of pyridine rings is 1. The van der Waals surface area contributed by atoms with Crippen molar-refractivity contribution in [3.05, 3.63) is 84.2 Å². The molecule has 0 unspecified atom stereocenters. The Morgan fingerprint density at radius 2 is 1.79 bits per heavy atom. The SMILES string of the molecule is Cc1c(OCc2ccccc2)cccc1-c1ccnc2[nH]ccc12. The Kier molecular flexibility index (Phi) is 3.75. The van der Waals surface area contributed by atoms with Gasteiger partial charge in [-0.25, -0.2) is 4.98 Å². The smallest absolute Gasteiger partial charge is 0.137 e. The molecule has 3 nitrogen and oxygen atoms in total. The highest BCUT2D eigenvalue weighted by Crippen LogP contribution is 2.33. The minimum absolute atomic E-state index is 0.570. The van der Waals surface area contributed by atoms with E-state index in [-0.39, 0.29) is 0 Å². The number of nitrogens with zero attached hydrogens (tertiary/aromatic N) is 1. The molecule has 24 heavy (non-hydrogen) atoms. The van der Waals surface area contributed by atoms with Crippen molar-refractivity contribution >= 4 is 11.0 Å². The van der Waals surface area contributed by atoms with Crippen molar-refractivity contribution in [2.45, 2.75) is 13.5 Å². The normalized spacial score (nSPS) is 10.9. The third-order valence-corrected chi connectivity index (χ3v) is 4.27. The van der Waals surface area contributed by atoms with E-state index in [9.17, 15) is 0 Å². The monoisotopic (exact) mass is 314 g/mol. The average Bonchev–Trinajstić information content (AvgIpc) is 3.11. The van der Waals surface area contributed by atoms with Crippen molar-refractivity contribution in [3.8, 4) is 16.9 Å². The van der Waals surface area contributed by atoms with Crippen LogP contribution in [0.3, 0.4) is 0 Å². The number of hydrogen-bond donors (Lipinski definition) is 1. The van der Waals surface area contributed by atoms with Crippen LogP contribution in [0.4, 0.5) is 0 Å². The molecule has 0 bridgehead atoms. The van der Waals surface area contributed by atoms with Crippen LogP contribution >= 0.6 is 0 Å². The molecule has 0 atom stereocenters. The van der Waals surface area contributed by atoms with Gasteiger partial charge in [-0.1, -0.05) is 42.5 Å². The van der Waals surface area contributed by atoms with E-state index in [0.29, 0.717) is 6.61 Å². The molecule has 4 rings (SSSR count). The molecule has 2 aromatic carbocycles. The topological polar surface area (TPSA) is 37.9 Å². The van der Waals surface area contributed by atoms with Crippen LogP contribution in [0.1, 0.15) is 11.1 Å². The van der Waals surface area contributed by atoms with Crippen LogP contribution in [-0.4, -0.2) is 9.97 Å². The van der Waals surface area contributed by atoms with Gasteiger partial charge in [0.25, 0.3) is 0 Å². The Morgan fingerprint density at radius 1 is 0.917 bits per heavy atom. The first kappa shape index (κ1) is 14.5. The van der Waals surface area contributed by atoms with Gasteiger partial charge in [-0.15, -0.1) is 0 Å². The first-order valence-electron chi connectivity index (χ1n) is 8.02. The van der Waals surface area contributed by atoms with Gasteiger partial charge in [0, 0.05) is 17.8 Å². The summed E-state index contributed by atoms with van der Waals surface area (Å²) in [7, 11) is 0. The molecule has 4 aromatic rings. The Labute approximate surface area is 140 Å². The molecule has 3 heteroatoms. The standard InChI is InChI=1S/C21H18N2O/c1-15-17(18-10-12-22-21-19(18)11-13-23-21)8-5-9-20(15)24-14-16-6-3-2-4-7-16/h2-13H,14H2,1H3,(H,22,23). The van der Waals surface area contributed by atoms with E-state index in [4.69, 9.17) is 4.74 Å². The van der Waals surface area contributed by atoms with Gasteiger partial charge in [0.15, 0.2) is 0 Å². The van der Waals surface area contributed by atoms with Crippen molar-refractivity contribution in [2.24, 2.45) is 0 Å². The number of hydrogen-bond acceptors (Lipinski definition) is 2. The van der Waals surface area contributed by atoms with Crippen LogP contribution in [0.5, 0.6) is 5.75 Å². The summed E-state index contributed by atoms with van der Waals surface area (Å²) in [5.74, 6) is 0.914. The zero-order valence-electron chi connectivity index (χ0n) is 13.5. The first-order chi connectivity index (χ1) is 11.8. The number of nitrogens with one attached hydrogen (secondary N) is 1. The second kappa shape index (κ2) is 6.20. The third-order valence-electron chi connectivity index (χ3n) is 4.27. The van der Waals surface area contributed by atoms with Crippen molar-refractivity contribution in [1.82, 2.24) is 9.97 Å². The van der Waals surface area contributed by atoms with E-state index in [1.54, 1.807) is 0 Å². The lowest BCUT2D eigenvalue weighted by Crippen LogP contribution is -1.98. The molecule has 2 aromatic heterocycles. The molecule has 0 aliphatic heterocycles. The molecule has 0 aliphatic rings. The number of H-pyrrole nitrogens is 1. The van der Waals surface area contributed by atoms with E-state index >= 15 is 0 Å². The van der Waals surface area contributed by atoms with Gasteiger partial charge in [0.1, 0.15) is 18.0 Å². The van der Waals surface area contributed by atoms with Crippen LogP contribution in [0.25, 0.3) is 22.2 Å². The van der Waals surface area contributed by atoms with Crippen LogP contribution in [0.2, 0.25) is 0 Å². The largest absolute Gasteiger partial charge is 0.489 e. The Balaban J connectivity index is 1.69. The average molecular weight is 314 g/mol. The first-order valence-corrected chi connectivity index (χ1v) is 8.02. The predicted molar refractivity (Wildman–Crippen MR) is 97.0 cm³/mol. The zero-order chi connectivity index (χ0) is 16.4. The van der Waals surface area contributed by atoms with Crippen LogP contribution < -0.4 is 4.74 Å². The minimum atomic E-state index is 0.570. The number of aromatic nitrogens is 2. The predicted octanol–water partition coefficient (Wildman–Crippen LogP) is 5.12. The van der Waals surface area contributed by atoms with Gasteiger partial charge in [-0.2, -0.15) is 0 Å². The Hall–Kier alpha value is -3.07. The molecule has 118 valence electrons. The van der Waals surface area contributed by atoms with Gasteiger partial charge in [-0.3, -0.25) is 0 Å². The number of rotatable bonds is 4. The highest BCUT2D eigenvalue weighted by molar-refractivity contribution is 5.94. The molecule has 2 heterocycles. The number of aromatic amines is 1. The molecule has 1 N–H and O–H groups in total. The highest BCUT2D eigenvalue weighted by Gasteiger charge is 2.11. The quantitative estimate of drug-likeness (QED) is 0.568. The summed E-state index contributed by atoms with van der Waals surface area (Å²) in [4.78, 5) is 7.54. The molecule has 0 saturated heterocycles. The second-order valence-electron chi connectivity index (χ2n) is 5.80. The number of fused-ring (bicyclic) bond motifs is 1. The van der Waals surface area contributed by atoms with Gasteiger partial charge in [-0.05, 0) is 47.4 Å². The van der Waals surface area contributed by atoms with Crippen molar-refractivity contribution in [3.63, 3.8) is 0 Å². The van der Waals surface area contributed by atoms with Gasteiger partial charge in [0.2, 0.25) is 0 Å². The lowest BCUT2D eigenvalue weighted by molar-refractivity contribution is 0.304. The number of benzene rings is 2. The molecule has 0 saturated carbocycles. The zero-order valence-corrected chi connectivity index (χ0v) is 13.5. The second-order valence-corrected chi connectivity index (χ2v) is 5.80. The van der Waals surface area contributed by atoms with Crippen molar-refractivity contribution in [1.29, 1.82) is 0 Å². The molecule has 0 radical (unpaired) electrons. The molecule has 0 spiro atoms. The van der Waals surface area contributed by atoms with E-state index < -0.39 is 0 Å².